The molecule has 0 saturated carbocycles. The molecule has 4 N–H and O–H groups in total. The quantitative estimate of drug-likeness (QED) is 0.144. The van der Waals surface area contributed by atoms with E-state index in [4.69, 9.17) is 88.5 Å². The zero-order valence-corrected chi connectivity index (χ0v) is 46.7. The van der Waals surface area contributed by atoms with Crippen LogP contribution in [0.15, 0.2) is 0 Å². The molecular weight excluding hydrogens is 1060 g/mol. The maximum atomic E-state index is 13.5. The summed E-state index contributed by atoms with van der Waals surface area (Å²) in [5.74, 6) is 49.6. The zero-order chi connectivity index (χ0) is 65.2. The summed E-state index contributed by atoms with van der Waals surface area (Å²) in [6, 6.07) is 0. The Morgan fingerprint density at radius 1 is 0.440 bits per heavy atom. The predicted molar refractivity (Wildman–Crippen MR) is 309 cm³/mol. The van der Waals surface area contributed by atoms with Crippen molar-refractivity contribution in [3.8, 4) is 244 Å². The third kappa shape index (κ3) is 17.1. The van der Waals surface area contributed by atoms with Gasteiger partial charge < -0.3 is 30.4 Å². The number of terminal acetylenes is 12. The van der Waals surface area contributed by atoms with Gasteiger partial charge in [0.1, 0.15) is 24.4 Å². The minimum absolute atomic E-state index is 0.495. The largest absolute Gasteiger partial charge is 0.371 e. The van der Waals surface area contributed by atoms with E-state index in [0.29, 0.717) is 13.1 Å². The Kier molecular flexibility index (Phi) is 28.7. The van der Waals surface area contributed by atoms with E-state index in [0.717, 1.165) is 9.80 Å². The first-order valence-electron chi connectivity index (χ1n) is 23.1. The lowest BCUT2D eigenvalue weighted by molar-refractivity contribution is -0.155. The number of imide groups is 2. The standard InChI is InChI=1S/C30H20N2O4.2C18H10O4.C2H8N2/c1-9-15-29(13-5)19-17-27(7,11-3)23(33)31(25(29)35)21-22-32-24(34)28(8,12-4)18-20-30(14-6,16-10-2)26(32)36;2*1-7-12-18(9-3,16(20)22-11-5)14-13-17(6,8-2)15(19)21-10-4;3-1-2-4/h3-6H,21-22H2,1-2,7-8H3;2*2-5H,1,6H3;1-4H2. The molecule has 0 bridgehead atoms. The highest BCUT2D eigenvalue weighted by atomic mass is 16.5. The molecular formula is C68H48N4O12. The van der Waals surface area contributed by atoms with Crippen LogP contribution >= 0.6 is 0 Å². The molecule has 0 aromatic heterocycles. The second-order valence-corrected chi connectivity index (χ2v) is 16.3. The van der Waals surface area contributed by atoms with Gasteiger partial charge in [-0.15, -0.1) is 75.1 Å². The highest BCUT2D eigenvalue weighted by Gasteiger charge is 2.51. The lowest BCUT2D eigenvalue weighted by Gasteiger charge is -2.32. The molecule has 0 fully saturated rings. The minimum atomic E-state index is -1.96. The van der Waals surface area contributed by atoms with E-state index in [2.05, 4.69) is 161 Å². The average molecular weight is 1110 g/mol. The Bertz CT molecular complexity index is 3620. The van der Waals surface area contributed by atoms with E-state index in [1.165, 1.54) is 55.4 Å². The van der Waals surface area contributed by atoms with Crippen molar-refractivity contribution in [1.29, 1.82) is 0 Å². The van der Waals surface area contributed by atoms with Gasteiger partial charge in [0.2, 0.25) is 21.7 Å². The molecule has 0 radical (unpaired) electrons. The van der Waals surface area contributed by atoms with E-state index in [1.807, 2.05) is 0 Å². The highest BCUT2D eigenvalue weighted by Crippen LogP contribution is 2.32. The predicted octanol–water partition coefficient (Wildman–Crippen LogP) is 0.279. The van der Waals surface area contributed by atoms with Gasteiger partial charge in [-0.1, -0.05) is 144 Å². The number of carbonyl (C=O) groups excluding carboxylic acids is 8. The number of hydrogen-bond donors (Lipinski definition) is 2. The van der Waals surface area contributed by atoms with E-state index in [-0.39, 0.29) is 0 Å². The van der Waals surface area contributed by atoms with Crippen LogP contribution in [0.2, 0.25) is 0 Å². The summed E-state index contributed by atoms with van der Waals surface area (Å²) in [5.41, 5.74) is -4.92. The number of nitrogens with zero attached hydrogens (tertiary/aromatic N) is 2. The van der Waals surface area contributed by atoms with Crippen molar-refractivity contribution < 1.29 is 57.3 Å². The molecule has 16 nitrogen and oxygen atoms in total. The van der Waals surface area contributed by atoms with Gasteiger partial charge in [0.15, 0.2) is 21.7 Å². The van der Waals surface area contributed by atoms with Gasteiger partial charge in [-0.25, -0.2) is 19.2 Å². The Morgan fingerprint density at radius 2 is 0.738 bits per heavy atom. The SMILES string of the molecule is C#CC1(C)C#CC(C#C)(C#CC)C(=O)N(CCN2C(=O)C(C)(C#C)C#CC(C#C)(C#CC)C2=O)C1=O.C#COC(=O)C(C)(C#C)C#CC(C#C)(C#CC)C(=O)OC#C.C#COC(=O)C(C)(C#C)C#CC(C#C)(C#CC)C(=O)OC#C.NCCN. The van der Waals surface area contributed by atoms with Crippen LogP contribution in [0.25, 0.3) is 0 Å². The van der Waals surface area contributed by atoms with Crippen LogP contribution < -0.4 is 11.5 Å². The Hall–Kier alpha value is -12.7. The number of ether oxygens (including phenoxy) is 4. The van der Waals surface area contributed by atoms with Gasteiger partial charge in [-0.2, -0.15) is 0 Å². The van der Waals surface area contributed by atoms with Crippen LogP contribution in [0.4, 0.5) is 0 Å². The fraction of sp³-hybridized carbons (Fsp3) is 0.294. The Labute approximate surface area is 492 Å². The van der Waals surface area contributed by atoms with Gasteiger partial charge in [0.25, 0.3) is 23.6 Å². The van der Waals surface area contributed by atoms with E-state index in [1.54, 1.807) is 24.4 Å². The Balaban J connectivity index is 0. The van der Waals surface area contributed by atoms with Crippen LogP contribution in [-0.4, -0.2) is 83.5 Å². The number of esters is 4. The molecule has 0 spiro atoms. The van der Waals surface area contributed by atoms with Gasteiger partial charge in [-0.3, -0.25) is 29.0 Å². The molecule has 2 aliphatic rings. The fourth-order valence-electron chi connectivity index (χ4n) is 5.60. The van der Waals surface area contributed by atoms with Crippen LogP contribution in [-0.2, 0) is 57.3 Å². The summed E-state index contributed by atoms with van der Waals surface area (Å²) in [6.45, 7) is 11.2. The number of hydrogen-bond acceptors (Lipinski definition) is 14. The van der Waals surface area contributed by atoms with Crippen molar-refractivity contribution in [3.05, 3.63) is 0 Å². The summed E-state index contributed by atoms with van der Waals surface area (Å²) in [5, 5.41) is 0. The molecule has 0 aromatic rings. The lowest BCUT2D eigenvalue weighted by Crippen LogP contribution is -2.54. The maximum absolute atomic E-state index is 13.5. The molecule has 0 aliphatic carbocycles. The first kappa shape index (κ1) is 73.4. The molecule has 16 heteroatoms. The number of amides is 4. The molecule has 2 heterocycles. The molecule has 4 amide bonds. The normalized spacial score (nSPS) is 20.3. The molecule has 8 unspecified atom stereocenters. The van der Waals surface area contributed by atoms with Crippen molar-refractivity contribution in [2.45, 2.75) is 55.4 Å². The van der Waals surface area contributed by atoms with Gasteiger partial charge in [0, 0.05) is 26.2 Å². The van der Waals surface area contributed by atoms with Crippen molar-refractivity contribution in [3.63, 3.8) is 0 Å². The Morgan fingerprint density at radius 3 is 0.952 bits per heavy atom. The summed E-state index contributed by atoms with van der Waals surface area (Å²) < 4.78 is 17.5. The number of nitrogens with two attached hydrogens (primary N) is 2. The third-order valence-electron chi connectivity index (χ3n) is 10.5. The minimum Gasteiger partial charge on any atom is -0.371 e. The second-order valence-electron chi connectivity index (χ2n) is 16.3. The average Bonchev–Trinajstić information content (AvgIpc) is 2.40. The first-order chi connectivity index (χ1) is 39.5. The van der Waals surface area contributed by atoms with Crippen LogP contribution in [0.1, 0.15) is 55.4 Å². The smallest absolute Gasteiger partial charge is 0.363 e. The van der Waals surface area contributed by atoms with Crippen molar-refractivity contribution >= 4 is 47.5 Å². The van der Waals surface area contributed by atoms with Gasteiger partial charge in [-0.05, 0) is 55.4 Å². The van der Waals surface area contributed by atoms with Crippen LogP contribution in [0, 0.1) is 287 Å². The molecule has 412 valence electrons. The topological polar surface area (TPSA) is 232 Å². The summed E-state index contributed by atoms with van der Waals surface area (Å²) >= 11 is 0. The van der Waals surface area contributed by atoms with E-state index in [9.17, 15) is 38.4 Å². The van der Waals surface area contributed by atoms with Crippen molar-refractivity contribution in [2.75, 3.05) is 26.2 Å². The van der Waals surface area contributed by atoms with Crippen molar-refractivity contribution in [2.24, 2.45) is 54.8 Å². The molecule has 8 atom stereocenters. The summed E-state index contributed by atoms with van der Waals surface area (Å²) in [4.78, 5) is 102. The van der Waals surface area contributed by atoms with Crippen LogP contribution in [0.3, 0.4) is 0 Å². The third-order valence-corrected chi connectivity index (χ3v) is 10.5. The molecule has 2 aliphatic heterocycles. The van der Waals surface area contributed by atoms with Gasteiger partial charge in [0.05, 0.1) is 0 Å². The molecule has 84 heavy (non-hydrogen) atoms. The number of carbonyl (C=O) groups is 8. The highest BCUT2D eigenvalue weighted by molar-refractivity contribution is 6.10. The second kappa shape index (κ2) is 32.9. The molecule has 0 saturated heterocycles. The summed E-state index contributed by atoms with van der Waals surface area (Å²) in [6.07, 6.45) is 69.7. The van der Waals surface area contributed by atoms with Gasteiger partial charge >= 0.3 is 23.9 Å². The lowest BCUT2D eigenvalue weighted by atomic mass is 9.86. The monoisotopic (exact) mass is 1110 g/mol. The molecule has 2 rings (SSSR count). The zero-order valence-electron chi connectivity index (χ0n) is 46.7. The van der Waals surface area contributed by atoms with E-state index < -0.39 is 104 Å². The fourth-order valence-corrected chi connectivity index (χ4v) is 5.60. The van der Waals surface area contributed by atoms with Crippen LogP contribution in [0.5, 0.6) is 0 Å². The van der Waals surface area contributed by atoms with E-state index >= 15 is 0 Å². The summed E-state index contributed by atoms with van der Waals surface area (Å²) in [7, 11) is 0. The maximum Gasteiger partial charge on any atom is 0.363 e. The first-order valence-corrected chi connectivity index (χ1v) is 23.1. The van der Waals surface area contributed by atoms with Crippen molar-refractivity contribution in [1.82, 2.24) is 9.80 Å². The number of rotatable bonds is 8. The molecule has 0 aromatic carbocycles.